The average molecular weight is 388 g/mol. The molecule has 5 nitrogen and oxygen atoms in total. The van der Waals surface area contributed by atoms with Gasteiger partial charge < -0.3 is 0 Å². The summed E-state index contributed by atoms with van der Waals surface area (Å²) in [7, 11) is -7.54. The second-order valence-electron chi connectivity index (χ2n) is 5.02. The zero-order chi connectivity index (χ0) is 18.0. The first-order chi connectivity index (χ1) is 11.2. The van der Waals surface area contributed by atoms with Crippen molar-refractivity contribution in [2.75, 3.05) is 13.1 Å². The van der Waals surface area contributed by atoms with E-state index in [1.54, 1.807) is 13.8 Å². The van der Waals surface area contributed by atoms with E-state index in [1.165, 1.54) is 52.8 Å². The first-order valence-electron chi connectivity index (χ1n) is 7.34. The molecule has 0 unspecified atom stereocenters. The van der Waals surface area contributed by atoms with Crippen LogP contribution in [0.4, 0.5) is 0 Å². The Bertz CT molecular complexity index is 919. The normalized spacial score (nSPS) is 12.5. The number of hydrogen-bond acceptors (Lipinski definition) is 4. The Morgan fingerprint density at radius 1 is 0.833 bits per heavy atom. The highest BCUT2D eigenvalue weighted by Gasteiger charge is 2.24. The standard InChI is InChI=1S/C16H18ClNO4S2/c1-3-18(4-2)24(21,22)16-7-5-6-15(12-16)23(19,20)14-10-8-13(17)9-11-14/h5-12H,3-4H2,1-2H3. The maximum Gasteiger partial charge on any atom is 0.243 e. The van der Waals surface area contributed by atoms with E-state index in [-0.39, 0.29) is 14.7 Å². The lowest BCUT2D eigenvalue weighted by atomic mass is 10.4. The summed E-state index contributed by atoms with van der Waals surface area (Å²) in [6.45, 7) is 4.09. The molecule has 130 valence electrons. The molecule has 2 aromatic rings. The molecule has 0 heterocycles. The van der Waals surface area contributed by atoms with Gasteiger partial charge in [-0.3, -0.25) is 0 Å². The van der Waals surface area contributed by atoms with Crippen molar-refractivity contribution in [2.45, 2.75) is 28.5 Å². The molecule has 0 spiro atoms. The molecule has 0 aromatic heterocycles. The molecular weight excluding hydrogens is 370 g/mol. The fraction of sp³-hybridized carbons (Fsp3) is 0.250. The first-order valence-corrected chi connectivity index (χ1v) is 10.6. The topological polar surface area (TPSA) is 71.5 Å². The van der Waals surface area contributed by atoms with Crippen LogP contribution in [-0.4, -0.2) is 34.2 Å². The van der Waals surface area contributed by atoms with Crippen molar-refractivity contribution in [1.82, 2.24) is 4.31 Å². The fourth-order valence-electron chi connectivity index (χ4n) is 2.26. The minimum atomic E-state index is -3.82. The second kappa shape index (κ2) is 7.23. The second-order valence-corrected chi connectivity index (χ2v) is 9.35. The molecule has 0 aliphatic carbocycles. The van der Waals surface area contributed by atoms with Crippen LogP contribution in [0.2, 0.25) is 5.02 Å². The lowest BCUT2D eigenvalue weighted by Gasteiger charge is -2.18. The third-order valence-electron chi connectivity index (χ3n) is 3.58. The molecule has 0 N–H and O–H groups in total. The van der Waals surface area contributed by atoms with Gasteiger partial charge in [-0.15, -0.1) is 0 Å². The van der Waals surface area contributed by atoms with Gasteiger partial charge in [0.1, 0.15) is 0 Å². The Morgan fingerprint density at radius 2 is 1.38 bits per heavy atom. The molecule has 0 bridgehead atoms. The van der Waals surface area contributed by atoms with E-state index in [2.05, 4.69) is 0 Å². The molecule has 0 radical (unpaired) electrons. The van der Waals surface area contributed by atoms with Gasteiger partial charge in [0.15, 0.2) is 0 Å². The predicted molar refractivity (Wildman–Crippen MR) is 93.5 cm³/mol. The molecule has 0 saturated carbocycles. The highest BCUT2D eigenvalue weighted by molar-refractivity contribution is 7.91. The lowest BCUT2D eigenvalue weighted by Crippen LogP contribution is -2.30. The number of rotatable bonds is 6. The smallest absolute Gasteiger partial charge is 0.219 e. The van der Waals surface area contributed by atoms with Crippen molar-refractivity contribution in [3.63, 3.8) is 0 Å². The summed E-state index contributed by atoms with van der Waals surface area (Å²) in [5.41, 5.74) is 0. The Kier molecular flexibility index (Phi) is 5.70. The van der Waals surface area contributed by atoms with Crippen LogP contribution in [0.5, 0.6) is 0 Å². The highest BCUT2D eigenvalue weighted by Crippen LogP contribution is 2.25. The summed E-state index contributed by atoms with van der Waals surface area (Å²) in [5, 5.41) is 0.423. The van der Waals surface area contributed by atoms with E-state index in [0.29, 0.717) is 18.1 Å². The number of nitrogens with zero attached hydrogens (tertiary/aromatic N) is 1. The molecule has 0 aliphatic heterocycles. The minimum Gasteiger partial charge on any atom is -0.219 e. The first kappa shape index (κ1) is 18.9. The van der Waals surface area contributed by atoms with Crippen LogP contribution in [0.3, 0.4) is 0 Å². The quantitative estimate of drug-likeness (QED) is 0.763. The molecule has 2 rings (SSSR count). The van der Waals surface area contributed by atoms with Gasteiger partial charge in [0, 0.05) is 18.1 Å². The van der Waals surface area contributed by atoms with Gasteiger partial charge in [-0.1, -0.05) is 31.5 Å². The highest BCUT2D eigenvalue weighted by atomic mass is 35.5. The third kappa shape index (κ3) is 3.64. The van der Waals surface area contributed by atoms with Crippen molar-refractivity contribution in [1.29, 1.82) is 0 Å². The Morgan fingerprint density at radius 3 is 1.92 bits per heavy atom. The van der Waals surface area contributed by atoms with Crippen LogP contribution in [0.25, 0.3) is 0 Å². The number of sulfone groups is 1. The summed E-state index contributed by atoms with van der Waals surface area (Å²) < 4.78 is 51.8. The molecule has 0 amide bonds. The molecule has 0 atom stereocenters. The largest absolute Gasteiger partial charge is 0.243 e. The molecule has 0 aliphatic rings. The van der Waals surface area contributed by atoms with Crippen LogP contribution in [0, 0.1) is 0 Å². The van der Waals surface area contributed by atoms with Crippen molar-refractivity contribution < 1.29 is 16.8 Å². The summed E-state index contributed by atoms with van der Waals surface area (Å²) >= 11 is 5.78. The van der Waals surface area contributed by atoms with Crippen LogP contribution >= 0.6 is 11.6 Å². The number of sulfonamides is 1. The zero-order valence-corrected chi connectivity index (χ0v) is 15.7. The van der Waals surface area contributed by atoms with Crippen molar-refractivity contribution in [3.8, 4) is 0 Å². The van der Waals surface area contributed by atoms with Gasteiger partial charge in [-0.05, 0) is 42.5 Å². The van der Waals surface area contributed by atoms with Crippen molar-refractivity contribution >= 4 is 31.5 Å². The van der Waals surface area contributed by atoms with E-state index in [4.69, 9.17) is 11.6 Å². The number of benzene rings is 2. The SMILES string of the molecule is CCN(CC)S(=O)(=O)c1cccc(S(=O)(=O)c2ccc(Cl)cc2)c1. The van der Waals surface area contributed by atoms with Gasteiger partial charge in [0.25, 0.3) is 0 Å². The van der Waals surface area contributed by atoms with E-state index in [1.807, 2.05) is 0 Å². The van der Waals surface area contributed by atoms with Crippen LogP contribution in [0.15, 0.2) is 63.2 Å². The van der Waals surface area contributed by atoms with E-state index in [9.17, 15) is 16.8 Å². The predicted octanol–water partition coefficient (Wildman–Crippen LogP) is 3.20. The van der Waals surface area contributed by atoms with Crippen LogP contribution < -0.4 is 0 Å². The van der Waals surface area contributed by atoms with E-state index >= 15 is 0 Å². The van der Waals surface area contributed by atoms with Gasteiger partial charge in [-0.25, -0.2) is 16.8 Å². The molecule has 24 heavy (non-hydrogen) atoms. The van der Waals surface area contributed by atoms with Gasteiger partial charge in [0.2, 0.25) is 19.9 Å². The third-order valence-corrected chi connectivity index (χ3v) is 7.65. The summed E-state index contributed by atoms with van der Waals surface area (Å²) in [6.07, 6.45) is 0. The molecule has 2 aromatic carbocycles. The number of halogens is 1. The summed E-state index contributed by atoms with van der Waals surface area (Å²) in [4.78, 5) is -0.0522. The fourth-order valence-corrected chi connectivity index (χ4v) is 5.28. The molecule has 0 fully saturated rings. The van der Waals surface area contributed by atoms with Crippen LogP contribution in [-0.2, 0) is 19.9 Å². The summed E-state index contributed by atoms with van der Waals surface area (Å²) in [5.74, 6) is 0. The monoisotopic (exact) mass is 387 g/mol. The Labute approximate surface area is 147 Å². The van der Waals surface area contributed by atoms with E-state index < -0.39 is 19.9 Å². The number of hydrogen-bond donors (Lipinski definition) is 0. The molecule has 0 saturated heterocycles. The molecule has 8 heteroatoms. The maximum absolute atomic E-state index is 12.7. The van der Waals surface area contributed by atoms with Crippen molar-refractivity contribution in [3.05, 3.63) is 53.6 Å². The van der Waals surface area contributed by atoms with Crippen molar-refractivity contribution in [2.24, 2.45) is 0 Å². The Balaban J connectivity index is 2.53. The Hall–Kier alpha value is -1.41. The maximum atomic E-state index is 12.7. The van der Waals surface area contributed by atoms with E-state index in [0.717, 1.165) is 0 Å². The van der Waals surface area contributed by atoms with Gasteiger partial charge >= 0.3 is 0 Å². The lowest BCUT2D eigenvalue weighted by molar-refractivity contribution is 0.445. The zero-order valence-electron chi connectivity index (χ0n) is 13.3. The van der Waals surface area contributed by atoms with Gasteiger partial charge in [-0.2, -0.15) is 4.31 Å². The average Bonchev–Trinajstić information content (AvgIpc) is 2.56. The van der Waals surface area contributed by atoms with Gasteiger partial charge in [0.05, 0.1) is 14.7 Å². The van der Waals surface area contributed by atoms with Crippen LogP contribution in [0.1, 0.15) is 13.8 Å². The minimum absolute atomic E-state index is 0.0405. The molecular formula is C16H18ClNO4S2. The summed E-state index contributed by atoms with van der Waals surface area (Å²) in [6, 6.07) is 11.1.